The highest BCUT2D eigenvalue weighted by Crippen LogP contribution is 2.60. The van der Waals surface area contributed by atoms with Gasteiger partial charge in [0.05, 0.1) is 5.54 Å². The van der Waals surface area contributed by atoms with Crippen LogP contribution in [0.4, 0.5) is 5.82 Å². The number of hydrogen-bond acceptors (Lipinski definition) is 6. The van der Waals surface area contributed by atoms with Crippen LogP contribution in [0.1, 0.15) is 44.1 Å². The standard InChI is InChI=1S/C19H27N7/c1-25(2)17-4-3-14(10-20-17)11-21-18-6-15-5-16(7-18)9-19(8-15,12-18)26-23-13-22-24-26/h3-4,10,13,15-16,21H,5-9,11-12H2,1-2H3. The van der Waals surface area contributed by atoms with Gasteiger partial charge in [-0.2, -0.15) is 4.80 Å². The zero-order valence-electron chi connectivity index (χ0n) is 15.6. The highest BCUT2D eigenvalue weighted by molar-refractivity contribution is 5.37. The van der Waals surface area contributed by atoms with E-state index in [1.54, 1.807) is 6.33 Å². The van der Waals surface area contributed by atoms with Gasteiger partial charge in [-0.3, -0.25) is 0 Å². The van der Waals surface area contributed by atoms with Gasteiger partial charge in [-0.25, -0.2) is 4.98 Å². The SMILES string of the molecule is CN(C)c1ccc(CNC23CC4CC(C2)CC(n2ncnn2)(C4)C3)cn1. The molecule has 2 atom stereocenters. The maximum Gasteiger partial charge on any atom is 0.162 e. The Morgan fingerprint density at radius 2 is 2.00 bits per heavy atom. The molecule has 4 aliphatic carbocycles. The van der Waals surface area contributed by atoms with Crippen molar-refractivity contribution >= 4 is 5.82 Å². The second-order valence-corrected chi connectivity index (χ2v) is 8.96. The van der Waals surface area contributed by atoms with Gasteiger partial charge in [0.1, 0.15) is 5.82 Å². The molecule has 2 unspecified atom stereocenters. The fourth-order valence-corrected chi connectivity index (χ4v) is 6.11. The van der Waals surface area contributed by atoms with Gasteiger partial charge in [0.25, 0.3) is 0 Å². The van der Waals surface area contributed by atoms with Crippen LogP contribution in [-0.2, 0) is 12.1 Å². The van der Waals surface area contributed by atoms with E-state index in [0.29, 0.717) is 0 Å². The molecule has 7 nitrogen and oxygen atoms in total. The second kappa shape index (κ2) is 5.74. The van der Waals surface area contributed by atoms with E-state index in [4.69, 9.17) is 0 Å². The summed E-state index contributed by atoms with van der Waals surface area (Å²) in [4.78, 5) is 8.51. The molecule has 0 radical (unpaired) electrons. The van der Waals surface area contributed by atoms with Crippen LogP contribution in [0, 0.1) is 11.8 Å². The molecule has 0 aliphatic heterocycles. The first-order chi connectivity index (χ1) is 12.6. The molecule has 0 saturated heterocycles. The van der Waals surface area contributed by atoms with Gasteiger partial charge in [-0.1, -0.05) is 6.07 Å². The minimum atomic E-state index is 0.0701. The van der Waals surface area contributed by atoms with Crippen molar-refractivity contribution in [1.82, 2.24) is 30.5 Å². The van der Waals surface area contributed by atoms with Crippen LogP contribution in [0.2, 0.25) is 0 Å². The first-order valence-corrected chi connectivity index (χ1v) is 9.67. The summed E-state index contributed by atoms with van der Waals surface area (Å²) in [6.07, 6.45) is 11.1. The van der Waals surface area contributed by atoms with E-state index >= 15 is 0 Å². The summed E-state index contributed by atoms with van der Waals surface area (Å²) in [5.41, 5.74) is 1.53. The normalized spacial score (nSPS) is 35.0. The molecule has 7 heteroatoms. The highest BCUT2D eigenvalue weighted by atomic mass is 15.6. The third-order valence-electron chi connectivity index (χ3n) is 6.74. The molecule has 0 amide bonds. The minimum absolute atomic E-state index is 0.0701. The summed E-state index contributed by atoms with van der Waals surface area (Å²) in [6.45, 7) is 0.876. The van der Waals surface area contributed by atoms with E-state index in [9.17, 15) is 0 Å². The van der Waals surface area contributed by atoms with Crippen molar-refractivity contribution in [1.29, 1.82) is 0 Å². The van der Waals surface area contributed by atoms with Crippen LogP contribution in [0.5, 0.6) is 0 Å². The summed E-state index contributed by atoms with van der Waals surface area (Å²) in [6, 6.07) is 4.28. The molecule has 4 fully saturated rings. The first kappa shape index (κ1) is 16.2. The molecule has 26 heavy (non-hydrogen) atoms. The topological polar surface area (TPSA) is 71.8 Å². The zero-order valence-corrected chi connectivity index (χ0v) is 15.6. The Bertz CT molecular complexity index is 754. The van der Waals surface area contributed by atoms with Gasteiger partial charge in [-0.05, 0) is 67.2 Å². The van der Waals surface area contributed by atoms with E-state index < -0.39 is 0 Å². The number of anilines is 1. The lowest BCUT2D eigenvalue weighted by molar-refractivity contribution is -0.0854. The maximum atomic E-state index is 4.55. The number of tetrazole rings is 1. The molecule has 4 saturated carbocycles. The predicted molar refractivity (Wildman–Crippen MR) is 98.6 cm³/mol. The molecule has 6 rings (SSSR count). The van der Waals surface area contributed by atoms with Crippen molar-refractivity contribution in [2.24, 2.45) is 11.8 Å². The van der Waals surface area contributed by atoms with Crippen LogP contribution >= 0.6 is 0 Å². The average Bonchev–Trinajstić information content (AvgIpc) is 3.15. The fraction of sp³-hybridized carbons (Fsp3) is 0.684. The van der Waals surface area contributed by atoms with E-state index in [0.717, 1.165) is 30.6 Å². The molecule has 0 aromatic carbocycles. The molecule has 138 valence electrons. The molecule has 4 aliphatic rings. The van der Waals surface area contributed by atoms with Gasteiger partial charge in [0.2, 0.25) is 0 Å². The molecule has 1 N–H and O–H groups in total. The summed E-state index contributed by atoms with van der Waals surface area (Å²) < 4.78 is 0. The lowest BCUT2D eigenvalue weighted by Gasteiger charge is -2.61. The van der Waals surface area contributed by atoms with Gasteiger partial charge in [-0.15, -0.1) is 10.2 Å². The third-order valence-corrected chi connectivity index (χ3v) is 6.74. The minimum Gasteiger partial charge on any atom is -0.363 e. The Balaban J connectivity index is 1.35. The number of rotatable bonds is 5. The Kier molecular flexibility index (Phi) is 3.57. The molecule has 2 aromatic heterocycles. The quantitative estimate of drug-likeness (QED) is 0.886. The Morgan fingerprint density at radius 1 is 1.19 bits per heavy atom. The summed E-state index contributed by atoms with van der Waals surface area (Å²) in [5, 5.41) is 16.7. The van der Waals surface area contributed by atoms with Crippen molar-refractivity contribution in [3.05, 3.63) is 30.2 Å². The highest BCUT2D eigenvalue weighted by Gasteiger charge is 2.59. The van der Waals surface area contributed by atoms with Crippen molar-refractivity contribution in [2.45, 2.75) is 56.1 Å². The van der Waals surface area contributed by atoms with E-state index in [-0.39, 0.29) is 11.1 Å². The Hall–Kier alpha value is -2.02. The van der Waals surface area contributed by atoms with Crippen LogP contribution < -0.4 is 10.2 Å². The third kappa shape index (κ3) is 2.60. The van der Waals surface area contributed by atoms with E-state index in [1.165, 1.54) is 37.7 Å². The van der Waals surface area contributed by atoms with Gasteiger partial charge < -0.3 is 10.2 Å². The van der Waals surface area contributed by atoms with Crippen LogP contribution in [0.25, 0.3) is 0 Å². The van der Waals surface area contributed by atoms with Gasteiger partial charge in [0, 0.05) is 32.4 Å². The lowest BCUT2D eigenvalue weighted by atomic mass is 9.50. The monoisotopic (exact) mass is 353 g/mol. The number of hydrogen-bond donors (Lipinski definition) is 1. The molecular formula is C19H27N7. The summed E-state index contributed by atoms with van der Waals surface area (Å²) in [7, 11) is 4.04. The maximum absolute atomic E-state index is 4.55. The number of aromatic nitrogens is 5. The first-order valence-electron chi connectivity index (χ1n) is 9.67. The Morgan fingerprint density at radius 3 is 2.62 bits per heavy atom. The summed E-state index contributed by atoms with van der Waals surface area (Å²) >= 11 is 0. The predicted octanol–water partition coefficient (Wildman–Crippen LogP) is 1.97. The average molecular weight is 353 g/mol. The molecule has 2 aromatic rings. The van der Waals surface area contributed by atoms with Crippen molar-refractivity contribution in [2.75, 3.05) is 19.0 Å². The molecule has 0 spiro atoms. The van der Waals surface area contributed by atoms with Crippen LogP contribution in [0.15, 0.2) is 24.7 Å². The molecule has 2 heterocycles. The second-order valence-electron chi connectivity index (χ2n) is 8.96. The zero-order chi connectivity index (χ0) is 17.8. The van der Waals surface area contributed by atoms with Crippen molar-refractivity contribution in [3.8, 4) is 0 Å². The van der Waals surface area contributed by atoms with Gasteiger partial charge >= 0.3 is 0 Å². The van der Waals surface area contributed by atoms with E-state index in [1.807, 2.05) is 30.0 Å². The summed E-state index contributed by atoms with van der Waals surface area (Å²) in [5.74, 6) is 2.56. The smallest absolute Gasteiger partial charge is 0.162 e. The molecular weight excluding hydrogens is 326 g/mol. The largest absolute Gasteiger partial charge is 0.363 e. The number of nitrogens with one attached hydrogen (secondary N) is 1. The van der Waals surface area contributed by atoms with E-state index in [2.05, 4.69) is 37.8 Å². The number of pyridine rings is 1. The number of nitrogens with zero attached hydrogens (tertiary/aromatic N) is 6. The van der Waals surface area contributed by atoms with Crippen LogP contribution in [-0.4, -0.2) is 44.8 Å². The Labute approximate surface area is 154 Å². The molecule has 4 bridgehead atoms. The lowest BCUT2D eigenvalue weighted by Crippen LogP contribution is -2.65. The fourth-order valence-electron chi connectivity index (χ4n) is 6.11. The van der Waals surface area contributed by atoms with Crippen molar-refractivity contribution < 1.29 is 0 Å². The van der Waals surface area contributed by atoms with Crippen LogP contribution in [0.3, 0.4) is 0 Å². The van der Waals surface area contributed by atoms with Crippen molar-refractivity contribution in [3.63, 3.8) is 0 Å². The van der Waals surface area contributed by atoms with Gasteiger partial charge in [0.15, 0.2) is 6.33 Å².